The first kappa shape index (κ1) is 13.7. The number of nitrogen functional groups attached to an aromatic ring is 1. The standard InChI is InChI=1S/C14H22N4O/c1-10(2)17(3)8-9-18-11-6-5-7-12(19-4)13(11)16-14(18)15/h5-7,10H,8-9H2,1-4H3,(H2,15,16). The maximum atomic E-state index is 6.02. The summed E-state index contributed by atoms with van der Waals surface area (Å²) in [5, 5.41) is 0. The zero-order chi connectivity index (χ0) is 14.0. The van der Waals surface area contributed by atoms with Gasteiger partial charge in [-0.3, -0.25) is 0 Å². The molecule has 0 aliphatic heterocycles. The minimum atomic E-state index is 0.519. The molecular formula is C14H22N4O. The first-order valence-corrected chi connectivity index (χ1v) is 6.53. The smallest absolute Gasteiger partial charge is 0.201 e. The van der Waals surface area contributed by atoms with Crippen LogP contribution in [0.4, 0.5) is 5.95 Å². The number of ether oxygens (including phenoxy) is 1. The zero-order valence-corrected chi connectivity index (χ0v) is 12.1. The Balaban J connectivity index is 2.30. The van der Waals surface area contributed by atoms with E-state index in [4.69, 9.17) is 10.5 Å². The lowest BCUT2D eigenvalue weighted by Crippen LogP contribution is -2.29. The molecule has 0 fully saturated rings. The number of hydrogen-bond acceptors (Lipinski definition) is 4. The molecule has 0 amide bonds. The summed E-state index contributed by atoms with van der Waals surface area (Å²) >= 11 is 0. The second-order valence-electron chi connectivity index (χ2n) is 5.02. The molecule has 0 spiro atoms. The van der Waals surface area contributed by atoms with Crippen LogP contribution in [0.5, 0.6) is 5.75 Å². The summed E-state index contributed by atoms with van der Waals surface area (Å²) in [6.07, 6.45) is 0. The third-order valence-electron chi connectivity index (χ3n) is 3.55. The summed E-state index contributed by atoms with van der Waals surface area (Å²) in [7, 11) is 3.76. The van der Waals surface area contributed by atoms with Gasteiger partial charge in [-0.15, -0.1) is 0 Å². The van der Waals surface area contributed by atoms with Crippen LogP contribution in [0.2, 0.25) is 0 Å². The summed E-state index contributed by atoms with van der Waals surface area (Å²) in [6.45, 7) is 6.12. The topological polar surface area (TPSA) is 56.3 Å². The van der Waals surface area contributed by atoms with E-state index < -0.39 is 0 Å². The van der Waals surface area contributed by atoms with Gasteiger partial charge in [0.15, 0.2) is 0 Å². The van der Waals surface area contributed by atoms with Crippen molar-refractivity contribution in [2.45, 2.75) is 26.4 Å². The lowest BCUT2D eigenvalue weighted by atomic mass is 10.3. The molecule has 0 atom stereocenters. The summed E-state index contributed by atoms with van der Waals surface area (Å²) in [5.41, 5.74) is 7.87. The molecule has 0 saturated carbocycles. The highest BCUT2D eigenvalue weighted by Crippen LogP contribution is 2.26. The number of nitrogens with two attached hydrogens (primary N) is 1. The largest absolute Gasteiger partial charge is 0.494 e. The summed E-state index contributed by atoms with van der Waals surface area (Å²) in [5.74, 6) is 1.30. The van der Waals surface area contributed by atoms with E-state index in [-0.39, 0.29) is 0 Å². The van der Waals surface area contributed by atoms with Crippen LogP contribution >= 0.6 is 0 Å². The Morgan fingerprint density at radius 3 is 2.79 bits per heavy atom. The first-order chi connectivity index (χ1) is 9.04. The van der Waals surface area contributed by atoms with Crippen molar-refractivity contribution in [1.82, 2.24) is 14.5 Å². The molecule has 0 unspecified atom stereocenters. The molecule has 5 nitrogen and oxygen atoms in total. The minimum Gasteiger partial charge on any atom is -0.494 e. The number of likely N-dealkylation sites (N-methyl/N-ethyl adjacent to an activating group) is 1. The second-order valence-corrected chi connectivity index (χ2v) is 5.02. The maximum Gasteiger partial charge on any atom is 0.201 e. The number of nitrogens with zero attached hydrogens (tertiary/aromatic N) is 3. The lowest BCUT2D eigenvalue weighted by molar-refractivity contribution is 0.264. The van der Waals surface area contributed by atoms with Crippen molar-refractivity contribution in [2.24, 2.45) is 0 Å². The molecule has 104 valence electrons. The van der Waals surface area contributed by atoms with Crippen molar-refractivity contribution in [3.63, 3.8) is 0 Å². The molecule has 1 aromatic carbocycles. The first-order valence-electron chi connectivity index (χ1n) is 6.53. The number of fused-ring (bicyclic) bond motifs is 1. The third-order valence-corrected chi connectivity index (χ3v) is 3.55. The Morgan fingerprint density at radius 2 is 2.16 bits per heavy atom. The van der Waals surface area contributed by atoms with Crippen LogP contribution in [0.3, 0.4) is 0 Å². The molecule has 2 N–H and O–H groups in total. The second kappa shape index (κ2) is 5.48. The van der Waals surface area contributed by atoms with Crippen molar-refractivity contribution in [3.05, 3.63) is 18.2 Å². The van der Waals surface area contributed by atoms with Gasteiger partial charge < -0.3 is 19.9 Å². The fourth-order valence-corrected chi connectivity index (χ4v) is 2.05. The number of para-hydroxylation sites is 1. The van der Waals surface area contributed by atoms with E-state index in [9.17, 15) is 0 Å². The van der Waals surface area contributed by atoms with Gasteiger partial charge in [-0.2, -0.15) is 0 Å². The van der Waals surface area contributed by atoms with Gasteiger partial charge >= 0.3 is 0 Å². The molecule has 2 rings (SSSR count). The zero-order valence-electron chi connectivity index (χ0n) is 12.1. The Labute approximate surface area is 114 Å². The van der Waals surface area contributed by atoms with Gasteiger partial charge in [0.2, 0.25) is 5.95 Å². The van der Waals surface area contributed by atoms with E-state index in [1.54, 1.807) is 7.11 Å². The van der Waals surface area contributed by atoms with Crippen molar-refractivity contribution in [2.75, 3.05) is 26.4 Å². The molecule has 0 saturated heterocycles. The van der Waals surface area contributed by atoms with Gasteiger partial charge in [0.05, 0.1) is 12.6 Å². The number of anilines is 1. The number of imidazole rings is 1. The van der Waals surface area contributed by atoms with Crippen molar-refractivity contribution in [1.29, 1.82) is 0 Å². The predicted molar refractivity (Wildman–Crippen MR) is 78.5 cm³/mol. The number of methoxy groups -OCH3 is 1. The highest BCUT2D eigenvalue weighted by Gasteiger charge is 2.12. The molecule has 5 heteroatoms. The van der Waals surface area contributed by atoms with Crippen molar-refractivity contribution >= 4 is 17.0 Å². The summed E-state index contributed by atoms with van der Waals surface area (Å²) < 4.78 is 7.36. The molecule has 19 heavy (non-hydrogen) atoms. The fraction of sp³-hybridized carbons (Fsp3) is 0.500. The lowest BCUT2D eigenvalue weighted by Gasteiger charge is -2.21. The van der Waals surface area contributed by atoms with E-state index in [1.807, 2.05) is 22.8 Å². The van der Waals surface area contributed by atoms with Gasteiger partial charge in [-0.1, -0.05) is 6.07 Å². The maximum absolute atomic E-state index is 6.02. The van der Waals surface area contributed by atoms with Crippen LogP contribution in [0, 0.1) is 0 Å². The van der Waals surface area contributed by atoms with Gasteiger partial charge in [0, 0.05) is 19.1 Å². The fourth-order valence-electron chi connectivity index (χ4n) is 2.05. The average Bonchev–Trinajstić information content (AvgIpc) is 2.71. The third kappa shape index (κ3) is 2.66. The molecule has 0 radical (unpaired) electrons. The molecule has 1 aromatic heterocycles. The quantitative estimate of drug-likeness (QED) is 0.895. The monoisotopic (exact) mass is 262 g/mol. The Morgan fingerprint density at radius 1 is 1.42 bits per heavy atom. The van der Waals surface area contributed by atoms with Gasteiger partial charge in [0.25, 0.3) is 0 Å². The Kier molecular flexibility index (Phi) is 3.95. The SMILES string of the molecule is COc1cccc2c1nc(N)n2CCN(C)C(C)C. The van der Waals surface area contributed by atoms with Crippen LogP contribution in [-0.4, -0.2) is 41.2 Å². The van der Waals surface area contributed by atoms with Gasteiger partial charge in [0.1, 0.15) is 11.3 Å². The molecule has 0 aliphatic rings. The minimum absolute atomic E-state index is 0.519. The van der Waals surface area contributed by atoms with Crippen LogP contribution in [0.15, 0.2) is 18.2 Å². The van der Waals surface area contributed by atoms with E-state index in [1.165, 1.54) is 0 Å². The molecule has 2 aromatic rings. The van der Waals surface area contributed by atoms with Gasteiger partial charge in [-0.25, -0.2) is 4.98 Å². The number of hydrogen-bond donors (Lipinski definition) is 1. The molecular weight excluding hydrogens is 240 g/mol. The predicted octanol–water partition coefficient (Wildman–Crippen LogP) is 1.97. The normalized spacial score (nSPS) is 11.7. The number of rotatable bonds is 5. The highest BCUT2D eigenvalue weighted by molar-refractivity contribution is 5.84. The van der Waals surface area contributed by atoms with Crippen LogP contribution in [-0.2, 0) is 6.54 Å². The number of aromatic nitrogens is 2. The molecule has 0 aliphatic carbocycles. The molecule has 1 heterocycles. The molecule has 0 bridgehead atoms. The Bertz CT molecular complexity index is 562. The highest BCUT2D eigenvalue weighted by atomic mass is 16.5. The van der Waals surface area contributed by atoms with Crippen molar-refractivity contribution in [3.8, 4) is 5.75 Å². The van der Waals surface area contributed by atoms with Gasteiger partial charge in [-0.05, 0) is 33.0 Å². The van der Waals surface area contributed by atoms with Crippen molar-refractivity contribution < 1.29 is 4.74 Å². The van der Waals surface area contributed by atoms with Crippen LogP contribution in [0.25, 0.3) is 11.0 Å². The summed E-state index contributed by atoms with van der Waals surface area (Å²) in [4.78, 5) is 6.69. The van der Waals surface area contributed by atoms with E-state index in [0.717, 1.165) is 29.9 Å². The average molecular weight is 262 g/mol. The van der Waals surface area contributed by atoms with Crippen LogP contribution in [0.1, 0.15) is 13.8 Å². The van der Waals surface area contributed by atoms with E-state index in [2.05, 4.69) is 30.8 Å². The van der Waals surface area contributed by atoms with E-state index in [0.29, 0.717) is 12.0 Å². The number of benzene rings is 1. The summed E-state index contributed by atoms with van der Waals surface area (Å²) in [6, 6.07) is 6.41. The Hall–Kier alpha value is -1.75. The van der Waals surface area contributed by atoms with Crippen LogP contribution < -0.4 is 10.5 Å². The van der Waals surface area contributed by atoms with E-state index >= 15 is 0 Å².